The molecular formula is C20H18N2OS. The standard InChI is InChI=1S/C20H18N2OS/c1-13-12-24-19(22-13)20(18(21)23)16(14-8-4-2-5-9-14)17(20)15-10-6-3-7-11-15/h2-12,16-17H,1H3,(H2,21,23). The maximum atomic E-state index is 12.6. The average Bonchev–Trinajstić information content (AvgIpc) is 3.15. The zero-order valence-corrected chi connectivity index (χ0v) is 14.2. The largest absolute Gasteiger partial charge is 0.369 e. The van der Waals surface area contributed by atoms with Crippen molar-refractivity contribution in [3.63, 3.8) is 0 Å². The molecule has 1 aliphatic rings. The third-order valence-corrected chi connectivity index (χ3v) is 6.01. The zero-order chi connectivity index (χ0) is 16.7. The Hall–Kier alpha value is -2.46. The lowest BCUT2D eigenvalue weighted by Crippen LogP contribution is -2.31. The molecule has 3 nitrogen and oxygen atoms in total. The van der Waals surface area contributed by atoms with Crippen molar-refractivity contribution in [2.24, 2.45) is 5.73 Å². The van der Waals surface area contributed by atoms with Gasteiger partial charge in [0.2, 0.25) is 5.91 Å². The van der Waals surface area contributed by atoms with Crippen LogP contribution in [0.15, 0.2) is 66.0 Å². The second-order valence-corrected chi connectivity index (χ2v) is 7.16. The van der Waals surface area contributed by atoms with Crippen molar-refractivity contribution in [2.45, 2.75) is 24.2 Å². The van der Waals surface area contributed by atoms with Crippen LogP contribution >= 0.6 is 11.3 Å². The Labute approximate surface area is 145 Å². The highest BCUT2D eigenvalue weighted by atomic mass is 32.1. The van der Waals surface area contributed by atoms with Gasteiger partial charge in [-0.1, -0.05) is 60.7 Å². The second kappa shape index (κ2) is 5.56. The van der Waals surface area contributed by atoms with Crippen molar-refractivity contribution in [2.75, 3.05) is 0 Å². The van der Waals surface area contributed by atoms with Gasteiger partial charge in [0.05, 0.1) is 0 Å². The molecule has 120 valence electrons. The van der Waals surface area contributed by atoms with Crippen molar-refractivity contribution in [1.82, 2.24) is 4.98 Å². The molecule has 1 aromatic heterocycles. The van der Waals surface area contributed by atoms with E-state index in [2.05, 4.69) is 29.2 Å². The Morgan fingerprint density at radius 2 is 1.50 bits per heavy atom. The third-order valence-electron chi connectivity index (χ3n) is 4.90. The molecule has 24 heavy (non-hydrogen) atoms. The van der Waals surface area contributed by atoms with Crippen LogP contribution in [0.25, 0.3) is 0 Å². The van der Waals surface area contributed by atoms with E-state index in [1.807, 2.05) is 48.7 Å². The number of primary amides is 1. The fourth-order valence-electron chi connectivity index (χ4n) is 3.84. The number of carbonyl (C=O) groups excluding carboxylic acids is 1. The number of hydrogen-bond donors (Lipinski definition) is 1. The minimum absolute atomic E-state index is 0.0316. The monoisotopic (exact) mass is 334 g/mol. The van der Waals surface area contributed by atoms with Crippen LogP contribution < -0.4 is 5.73 Å². The van der Waals surface area contributed by atoms with E-state index in [0.29, 0.717) is 0 Å². The maximum Gasteiger partial charge on any atom is 0.231 e. The molecule has 1 amide bonds. The number of thiazole rings is 1. The fourth-order valence-corrected chi connectivity index (χ4v) is 4.92. The lowest BCUT2D eigenvalue weighted by molar-refractivity contribution is -0.120. The first-order chi connectivity index (χ1) is 11.7. The first-order valence-corrected chi connectivity index (χ1v) is 8.86. The normalized spacial score (nSPS) is 25.4. The van der Waals surface area contributed by atoms with Gasteiger partial charge in [-0.05, 0) is 18.1 Å². The van der Waals surface area contributed by atoms with Crippen molar-refractivity contribution in [3.8, 4) is 0 Å². The van der Waals surface area contributed by atoms with E-state index in [9.17, 15) is 4.79 Å². The van der Waals surface area contributed by atoms with Crippen LogP contribution in [-0.2, 0) is 10.2 Å². The van der Waals surface area contributed by atoms with Gasteiger partial charge in [-0.25, -0.2) is 4.98 Å². The number of hydrogen-bond acceptors (Lipinski definition) is 3. The molecule has 4 heteroatoms. The van der Waals surface area contributed by atoms with Gasteiger partial charge in [0.25, 0.3) is 0 Å². The molecule has 1 fully saturated rings. The summed E-state index contributed by atoms with van der Waals surface area (Å²) in [5.74, 6) is -0.229. The van der Waals surface area contributed by atoms with E-state index < -0.39 is 5.41 Å². The predicted octanol–water partition coefficient (Wildman–Crippen LogP) is 3.76. The number of carbonyl (C=O) groups is 1. The average molecular weight is 334 g/mol. The van der Waals surface area contributed by atoms with Crippen LogP contribution in [0.4, 0.5) is 0 Å². The third kappa shape index (κ3) is 2.10. The molecule has 1 heterocycles. The van der Waals surface area contributed by atoms with Crippen molar-refractivity contribution >= 4 is 17.2 Å². The topological polar surface area (TPSA) is 56.0 Å². The number of rotatable bonds is 4. The summed E-state index contributed by atoms with van der Waals surface area (Å²) in [5, 5.41) is 2.82. The highest BCUT2D eigenvalue weighted by Gasteiger charge is 2.72. The molecule has 3 aromatic rings. The molecule has 2 N–H and O–H groups in total. The van der Waals surface area contributed by atoms with Crippen LogP contribution in [0, 0.1) is 6.92 Å². The van der Waals surface area contributed by atoms with Crippen molar-refractivity contribution < 1.29 is 4.79 Å². The molecule has 0 radical (unpaired) electrons. The first kappa shape index (κ1) is 15.1. The van der Waals surface area contributed by atoms with E-state index in [0.717, 1.165) is 21.8 Å². The van der Waals surface area contributed by atoms with Gasteiger partial charge in [-0.15, -0.1) is 11.3 Å². The Morgan fingerprint density at radius 3 is 1.88 bits per heavy atom. The SMILES string of the molecule is Cc1csc(C2(C(N)=O)C(c3ccccc3)C2c2ccccc2)n1. The van der Waals surface area contributed by atoms with E-state index in [1.165, 1.54) is 11.3 Å². The summed E-state index contributed by atoms with van der Waals surface area (Å²) in [5.41, 5.74) is 8.41. The molecule has 0 spiro atoms. The smallest absolute Gasteiger partial charge is 0.231 e. The highest BCUT2D eigenvalue weighted by Crippen LogP contribution is 2.71. The number of nitrogens with zero attached hydrogens (tertiary/aromatic N) is 1. The predicted molar refractivity (Wildman–Crippen MR) is 96.1 cm³/mol. The molecule has 2 aromatic carbocycles. The molecule has 0 aliphatic heterocycles. The van der Waals surface area contributed by atoms with Gasteiger partial charge in [0.15, 0.2) is 0 Å². The maximum absolute atomic E-state index is 12.6. The second-order valence-electron chi connectivity index (χ2n) is 6.30. The fraction of sp³-hybridized carbons (Fsp3) is 0.200. The Morgan fingerprint density at radius 1 is 1.00 bits per heavy atom. The van der Waals surface area contributed by atoms with Gasteiger partial charge in [-0.2, -0.15) is 0 Å². The van der Waals surface area contributed by atoms with Crippen LogP contribution in [0.3, 0.4) is 0 Å². The van der Waals surface area contributed by atoms with E-state index in [-0.39, 0.29) is 17.7 Å². The van der Waals surface area contributed by atoms with Gasteiger partial charge < -0.3 is 5.73 Å². The molecule has 2 unspecified atom stereocenters. The van der Waals surface area contributed by atoms with Crippen LogP contribution in [0.2, 0.25) is 0 Å². The summed E-state index contributed by atoms with van der Waals surface area (Å²) in [4.78, 5) is 17.3. The summed E-state index contributed by atoms with van der Waals surface area (Å²) < 4.78 is 0. The molecule has 0 bridgehead atoms. The lowest BCUT2D eigenvalue weighted by Gasteiger charge is -2.11. The summed E-state index contributed by atoms with van der Waals surface area (Å²) in [6, 6.07) is 20.3. The Bertz CT molecular complexity index is 827. The summed E-state index contributed by atoms with van der Waals surface area (Å²) >= 11 is 1.53. The van der Waals surface area contributed by atoms with Gasteiger partial charge >= 0.3 is 0 Å². The molecule has 0 saturated heterocycles. The summed E-state index contributed by atoms with van der Waals surface area (Å²) in [6.07, 6.45) is 0. The number of benzene rings is 2. The van der Waals surface area contributed by atoms with Crippen LogP contribution in [0.5, 0.6) is 0 Å². The molecule has 1 saturated carbocycles. The molecule has 4 rings (SSSR count). The Kier molecular flexibility index (Phi) is 3.50. The van der Waals surface area contributed by atoms with E-state index in [1.54, 1.807) is 0 Å². The first-order valence-electron chi connectivity index (χ1n) is 7.98. The summed E-state index contributed by atoms with van der Waals surface area (Å²) in [7, 11) is 0. The van der Waals surface area contributed by atoms with Gasteiger partial charge in [0.1, 0.15) is 10.4 Å². The van der Waals surface area contributed by atoms with Crippen molar-refractivity contribution in [1.29, 1.82) is 0 Å². The van der Waals surface area contributed by atoms with Crippen LogP contribution in [-0.4, -0.2) is 10.9 Å². The van der Waals surface area contributed by atoms with Gasteiger partial charge in [0, 0.05) is 22.9 Å². The van der Waals surface area contributed by atoms with E-state index >= 15 is 0 Å². The van der Waals surface area contributed by atoms with Crippen LogP contribution in [0.1, 0.15) is 33.7 Å². The van der Waals surface area contributed by atoms with Gasteiger partial charge in [-0.3, -0.25) is 4.79 Å². The highest BCUT2D eigenvalue weighted by molar-refractivity contribution is 7.10. The summed E-state index contributed by atoms with van der Waals surface area (Å²) in [6.45, 7) is 1.95. The van der Waals surface area contributed by atoms with E-state index in [4.69, 9.17) is 5.73 Å². The number of aryl methyl sites for hydroxylation is 1. The number of nitrogens with two attached hydrogens (primary N) is 1. The minimum Gasteiger partial charge on any atom is -0.369 e. The molecule has 1 aliphatic carbocycles. The number of amides is 1. The zero-order valence-electron chi connectivity index (χ0n) is 13.3. The minimum atomic E-state index is -0.748. The quantitative estimate of drug-likeness (QED) is 0.790. The lowest BCUT2D eigenvalue weighted by atomic mass is 9.97. The Balaban J connectivity index is 1.90. The molecule has 2 atom stereocenters. The number of aromatic nitrogens is 1. The van der Waals surface area contributed by atoms with Crippen molar-refractivity contribution in [3.05, 3.63) is 87.9 Å². The molecular weight excluding hydrogens is 316 g/mol.